The fourth-order valence-electron chi connectivity index (χ4n) is 1.97. The van der Waals surface area contributed by atoms with Gasteiger partial charge in [-0.2, -0.15) is 0 Å². The highest BCUT2D eigenvalue weighted by Crippen LogP contribution is 2.33. The van der Waals surface area contributed by atoms with E-state index in [1.807, 2.05) is 20.8 Å². The molecule has 0 bridgehead atoms. The molecule has 0 aliphatic rings. The molecule has 1 unspecified atom stereocenters. The number of esters is 1. The molecule has 2 aromatic rings. The van der Waals surface area contributed by atoms with Gasteiger partial charge in [0, 0.05) is 0 Å². The summed E-state index contributed by atoms with van der Waals surface area (Å²) in [5, 5.41) is 9.08. The average molecular weight is 294 g/mol. The van der Waals surface area contributed by atoms with Gasteiger partial charge < -0.3 is 4.74 Å². The van der Waals surface area contributed by atoms with E-state index in [0.717, 1.165) is 22.0 Å². The third-order valence-corrected chi connectivity index (χ3v) is 4.28. The van der Waals surface area contributed by atoms with Crippen LogP contribution in [0.15, 0.2) is 0 Å². The molecule has 0 N–H and O–H groups in total. The third kappa shape index (κ3) is 2.45. The van der Waals surface area contributed by atoms with Crippen LogP contribution >= 0.6 is 11.3 Å². The minimum atomic E-state index is -0.472. The summed E-state index contributed by atoms with van der Waals surface area (Å²) in [6, 6.07) is 0.151. The Morgan fingerprint density at radius 3 is 2.65 bits per heavy atom. The minimum Gasteiger partial charge on any atom is -0.464 e. The maximum atomic E-state index is 11.9. The Labute approximate surface area is 121 Å². The van der Waals surface area contributed by atoms with Gasteiger partial charge in [-0.1, -0.05) is 12.1 Å². The Bertz CT molecular complexity index is 632. The van der Waals surface area contributed by atoms with Gasteiger partial charge in [-0.3, -0.25) is 0 Å². The molecule has 2 aromatic heterocycles. The summed E-state index contributed by atoms with van der Waals surface area (Å²) in [6.07, 6.45) is 0.897. The van der Waals surface area contributed by atoms with Crippen molar-refractivity contribution < 1.29 is 9.53 Å². The molecule has 7 heteroatoms. The van der Waals surface area contributed by atoms with Crippen molar-refractivity contribution in [2.24, 2.45) is 0 Å². The third-order valence-electron chi connectivity index (χ3n) is 3.20. The fourth-order valence-corrected chi connectivity index (χ4v) is 2.93. The number of thiazole rings is 1. The quantitative estimate of drug-likeness (QED) is 0.811. The van der Waals surface area contributed by atoms with Crippen LogP contribution in [0.2, 0.25) is 0 Å². The molecule has 0 aliphatic carbocycles. The van der Waals surface area contributed by atoms with Crippen LogP contribution in [0.25, 0.3) is 10.6 Å². The maximum absolute atomic E-state index is 11.9. The molecule has 0 saturated carbocycles. The van der Waals surface area contributed by atoms with Crippen molar-refractivity contribution in [2.75, 3.05) is 7.11 Å². The first kappa shape index (κ1) is 14.6. The number of carbonyl (C=O) groups excluding carboxylic acids is 1. The van der Waals surface area contributed by atoms with Crippen LogP contribution in [0.5, 0.6) is 0 Å². The first-order valence-corrected chi connectivity index (χ1v) is 7.29. The van der Waals surface area contributed by atoms with Gasteiger partial charge in [0.1, 0.15) is 5.69 Å². The highest BCUT2D eigenvalue weighted by atomic mass is 32.1. The number of hydrogen-bond acceptors (Lipinski definition) is 6. The summed E-state index contributed by atoms with van der Waals surface area (Å²) in [5.41, 5.74) is 1.83. The van der Waals surface area contributed by atoms with Gasteiger partial charge in [-0.25, -0.2) is 14.5 Å². The molecule has 0 saturated heterocycles. The zero-order chi connectivity index (χ0) is 14.9. The Morgan fingerprint density at radius 2 is 2.15 bits per heavy atom. The lowest BCUT2D eigenvalue weighted by molar-refractivity contribution is 0.0595. The van der Waals surface area contributed by atoms with E-state index in [-0.39, 0.29) is 11.7 Å². The van der Waals surface area contributed by atoms with Crippen LogP contribution in [-0.2, 0) is 4.74 Å². The Kier molecular flexibility index (Phi) is 4.17. The van der Waals surface area contributed by atoms with Crippen molar-refractivity contribution in [1.82, 2.24) is 20.0 Å². The maximum Gasteiger partial charge on any atom is 0.360 e. The molecule has 108 valence electrons. The number of aromatic nitrogens is 4. The second-order valence-corrected chi connectivity index (χ2v) is 5.83. The van der Waals surface area contributed by atoms with E-state index < -0.39 is 5.97 Å². The molecule has 2 heterocycles. The smallest absolute Gasteiger partial charge is 0.360 e. The number of carbonyl (C=O) groups is 1. The van der Waals surface area contributed by atoms with Gasteiger partial charge in [-0.05, 0) is 27.2 Å². The van der Waals surface area contributed by atoms with Crippen molar-refractivity contribution in [3.63, 3.8) is 0 Å². The summed E-state index contributed by atoms with van der Waals surface area (Å²) in [6.45, 7) is 7.98. The van der Waals surface area contributed by atoms with Crippen molar-refractivity contribution in [3.05, 3.63) is 16.4 Å². The SMILES string of the molecule is CCC(C)n1nnc(C(=O)OC)c1-c1sc(C)nc1C. The highest BCUT2D eigenvalue weighted by molar-refractivity contribution is 7.15. The first-order valence-electron chi connectivity index (χ1n) is 6.47. The molecule has 0 aliphatic heterocycles. The van der Waals surface area contributed by atoms with Crippen LogP contribution in [0.1, 0.15) is 47.5 Å². The number of nitrogens with zero attached hydrogens (tertiary/aromatic N) is 4. The minimum absolute atomic E-state index is 0.151. The molecule has 20 heavy (non-hydrogen) atoms. The van der Waals surface area contributed by atoms with Gasteiger partial charge in [0.25, 0.3) is 0 Å². The normalized spacial score (nSPS) is 12.4. The van der Waals surface area contributed by atoms with Crippen LogP contribution in [0, 0.1) is 13.8 Å². The summed E-state index contributed by atoms with van der Waals surface area (Å²) < 4.78 is 6.59. The summed E-state index contributed by atoms with van der Waals surface area (Å²) in [4.78, 5) is 17.2. The highest BCUT2D eigenvalue weighted by Gasteiger charge is 2.26. The molecule has 0 fully saturated rings. The summed E-state index contributed by atoms with van der Waals surface area (Å²) in [5.74, 6) is -0.472. The number of methoxy groups -OCH3 is 1. The van der Waals surface area contributed by atoms with E-state index in [1.54, 1.807) is 4.68 Å². The molecule has 1 atom stereocenters. The molecular weight excluding hydrogens is 276 g/mol. The lowest BCUT2D eigenvalue weighted by Gasteiger charge is -2.12. The van der Waals surface area contributed by atoms with Gasteiger partial charge in [0.15, 0.2) is 5.69 Å². The van der Waals surface area contributed by atoms with E-state index in [4.69, 9.17) is 4.74 Å². The molecule has 0 radical (unpaired) electrons. The second-order valence-electron chi connectivity index (χ2n) is 4.63. The predicted octanol–water partition coefficient (Wildman–Crippen LogP) is 2.78. The van der Waals surface area contributed by atoms with Crippen LogP contribution in [0.4, 0.5) is 0 Å². The number of ether oxygens (including phenoxy) is 1. The zero-order valence-electron chi connectivity index (χ0n) is 12.3. The van der Waals surface area contributed by atoms with E-state index in [1.165, 1.54) is 18.4 Å². The summed E-state index contributed by atoms with van der Waals surface area (Å²) in [7, 11) is 1.35. The zero-order valence-corrected chi connectivity index (χ0v) is 13.1. The van der Waals surface area contributed by atoms with Crippen LogP contribution in [0.3, 0.4) is 0 Å². The number of hydrogen-bond donors (Lipinski definition) is 0. The van der Waals surface area contributed by atoms with E-state index in [2.05, 4.69) is 22.2 Å². The lowest BCUT2D eigenvalue weighted by Crippen LogP contribution is -2.09. The van der Waals surface area contributed by atoms with Gasteiger partial charge >= 0.3 is 5.97 Å². The Balaban J connectivity index is 2.66. The lowest BCUT2D eigenvalue weighted by atomic mass is 10.2. The predicted molar refractivity (Wildman–Crippen MR) is 76.9 cm³/mol. The van der Waals surface area contributed by atoms with Crippen LogP contribution < -0.4 is 0 Å². The first-order chi connectivity index (χ1) is 9.49. The molecule has 6 nitrogen and oxygen atoms in total. The topological polar surface area (TPSA) is 69.9 Å². The molecule has 2 rings (SSSR count). The molecular formula is C13H18N4O2S. The van der Waals surface area contributed by atoms with Crippen molar-refractivity contribution in [1.29, 1.82) is 0 Å². The molecule has 0 amide bonds. The Hall–Kier alpha value is -1.76. The second kappa shape index (κ2) is 5.70. The van der Waals surface area contributed by atoms with Gasteiger partial charge in [0.2, 0.25) is 0 Å². The summed E-state index contributed by atoms with van der Waals surface area (Å²) >= 11 is 1.54. The van der Waals surface area contributed by atoms with E-state index >= 15 is 0 Å². The molecule has 0 aromatic carbocycles. The van der Waals surface area contributed by atoms with Crippen molar-refractivity contribution >= 4 is 17.3 Å². The fraction of sp³-hybridized carbons (Fsp3) is 0.538. The number of aryl methyl sites for hydroxylation is 2. The van der Waals surface area contributed by atoms with E-state index in [0.29, 0.717) is 5.69 Å². The van der Waals surface area contributed by atoms with Crippen molar-refractivity contribution in [2.45, 2.75) is 40.2 Å². The standard InChI is InChI=1S/C13H18N4O2S/c1-6-7(2)17-11(10(15-16-17)13(18)19-5)12-8(3)14-9(4)20-12/h7H,6H2,1-5H3. The van der Waals surface area contributed by atoms with Gasteiger partial charge in [-0.15, -0.1) is 16.4 Å². The Morgan fingerprint density at radius 1 is 1.45 bits per heavy atom. The largest absolute Gasteiger partial charge is 0.464 e. The number of rotatable bonds is 4. The van der Waals surface area contributed by atoms with Gasteiger partial charge in [0.05, 0.1) is 28.7 Å². The van der Waals surface area contributed by atoms with Crippen LogP contribution in [-0.4, -0.2) is 33.1 Å². The van der Waals surface area contributed by atoms with Crippen molar-refractivity contribution in [3.8, 4) is 10.6 Å². The monoisotopic (exact) mass is 294 g/mol. The van der Waals surface area contributed by atoms with E-state index in [9.17, 15) is 4.79 Å². The molecule has 0 spiro atoms. The average Bonchev–Trinajstić information content (AvgIpc) is 2.99.